The van der Waals surface area contributed by atoms with Gasteiger partial charge in [0, 0.05) is 28.5 Å². The number of fused-ring (bicyclic) bond motifs is 1. The average Bonchev–Trinajstić information content (AvgIpc) is 2.61. The Hall–Kier alpha value is -2.89. The average molecular weight is 383 g/mol. The highest BCUT2D eigenvalue weighted by molar-refractivity contribution is 6.31. The number of H-pyrrole nitrogens is 1. The highest BCUT2D eigenvalue weighted by atomic mass is 35.5. The summed E-state index contributed by atoms with van der Waals surface area (Å²) >= 11 is 6.05. The number of hydrogen-bond acceptors (Lipinski definition) is 3. The lowest BCUT2D eigenvalue weighted by Gasteiger charge is -2.12. The van der Waals surface area contributed by atoms with Gasteiger partial charge < -0.3 is 15.4 Å². The van der Waals surface area contributed by atoms with Crippen molar-refractivity contribution >= 4 is 40.2 Å². The molecule has 5 nitrogen and oxygen atoms in total. The smallest absolute Gasteiger partial charge is 0.254 e. The summed E-state index contributed by atoms with van der Waals surface area (Å²) in [7, 11) is 0. The maximum Gasteiger partial charge on any atom is 0.254 e. The normalized spacial score (nSPS) is 12.4. The first-order valence-corrected chi connectivity index (χ1v) is 8.79. The Morgan fingerprint density at radius 1 is 1.22 bits per heavy atom. The van der Waals surface area contributed by atoms with Gasteiger partial charge in [-0.25, -0.2) is 0 Å². The van der Waals surface area contributed by atoms with Crippen molar-refractivity contribution < 1.29 is 9.90 Å². The molecule has 3 rings (SSSR count). The molecule has 1 atom stereocenters. The number of aliphatic hydroxyl groups is 1. The highest BCUT2D eigenvalue weighted by Crippen LogP contribution is 2.25. The molecular weight excluding hydrogens is 364 g/mol. The monoisotopic (exact) mass is 382 g/mol. The lowest BCUT2D eigenvalue weighted by atomic mass is 10.00. The third-order valence-corrected chi connectivity index (χ3v) is 4.52. The Morgan fingerprint density at radius 3 is 2.59 bits per heavy atom. The number of aromatic nitrogens is 1. The van der Waals surface area contributed by atoms with Crippen LogP contribution in [0, 0.1) is 6.92 Å². The number of benzene rings is 2. The highest BCUT2D eigenvalue weighted by Gasteiger charge is 2.15. The van der Waals surface area contributed by atoms with Crippen molar-refractivity contribution in [3.8, 4) is 0 Å². The number of anilines is 1. The minimum absolute atomic E-state index is 0.139. The van der Waals surface area contributed by atoms with E-state index in [9.17, 15) is 14.7 Å². The van der Waals surface area contributed by atoms with Gasteiger partial charge in [-0.1, -0.05) is 35.9 Å². The van der Waals surface area contributed by atoms with Crippen LogP contribution in [0.15, 0.2) is 53.3 Å². The van der Waals surface area contributed by atoms with E-state index in [0.717, 1.165) is 10.9 Å². The van der Waals surface area contributed by atoms with Gasteiger partial charge in [-0.2, -0.15) is 0 Å². The van der Waals surface area contributed by atoms with Gasteiger partial charge in [0.2, 0.25) is 5.91 Å². The van der Waals surface area contributed by atoms with E-state index in [1.165, 1.54) is 6.92 Å². The summed E-state index contributed by atoms with van der Waals surface area (Å²) in [6.07, 6.45) is 2.22. The lowest BCUT2D eigenvalue weighted by Crippen LogP contribution is -2.17. The molecule has 1 aromatic heterocycles. The van der Waals surface area contributed by atoms with Crippen molar-refractivity contribution in [3.63, 3.8) is 0 Å². The van der Waals surface area contributed by atoms with Crippen LogP contribution in [0.4, 0.5) is 5.69 Å². The maximum atomic E-state index is 12.4. The second-order valence-electron chi connectivity index (χ2n) is 6.29. The number of nitrogens with one attached hydrogen (secondary N) is 2. The van der Waals surface area contributed by atoms with E-state index in [0.29, 0.717) is 21.8 Å². The van der Waals surface area contributed by atoms with Gasteiger partial charge in [0.15, 0.2) is 0 Å². The molecule has 2 aromatic carbocycles. The summed E-state index contributed by atoms with van der Waals surface area (Å²) in [5.41, 5.74) is 2.85. The number of aryl methyl sites for hydroxylation is 1. The summed E-state index contributed by atoms with van der Waals surface area (Å²) in [5.74, 6) is -0.139. The Morgan fingerprint density at radius 2 is 1.93 bits per heavy atom. The molecule has 1 amide bonds. The second kappa shape index (κ2) is 7.78. The Balaban J connectivity index is 1.89. The number of aliphatic hydroxyl groups excluding tert-OH is 1. The molecule has 0 saturated heterocycles. The molecule has 138 valence electrons. The molecule has 1 heterocycles. The number of carbonyl (C=O) groups excluding carboxylic acids is 1. The van der Waals surface area contributed by atoms with Crippen molar-refractivity contribution in [3.05, 3.63) is 80.6 Å². The van der Waals surface area contributed by atoms with Crippen LogP contribution in [0.2, 0.25) is 5.02 Å². The van der Waals surface area contributed by atoms with E-state index < -0.39 is 6.10 Å². The van der Waals surface area contributed by atoms with Crippen LogP contribution in [0.3, 0.4) is 0 Å². The van der Waals surface area contributed by atoms with Crippen LogP contribution >= 0.6 is 11.6 Å². The van der Waals surface area contributed by atoms with Gasteiger partial charge in [-0.05, 0) is 48.4 Å². The number of hydrogen-bond donors (Lipinski definition) is 3. The topological polar surface area (TPSA) is 82.2 Å². The molecule has 0 spiro atoms. The quantitative estimate of drug-likeness (QED) is 0.632. The van der Waals surface area contributed by atoms with Gasteiger partial charge in [0.25, 0.3) is 5.56 Å². The fraction of sp³-hybridized carbons (Fsp3) is 0.143. The molecule has 0 bridgehead atoms. The summed E-state index contributed by atoms with van der Waals surface area (Å²) < 4.78 is 0. The first kappa shape index (κ1) is 18.9. The maximum absolute atomic E-state index is 12.4. The van der Waals surface area contributed by atoms with Gasteiger partial charge in [-0.15, -0.1) is 0 Å². The molecule has 0 radical (unpaired) electrons. The largest absolute Gasteiger partial charge is 0.384 e. The van der Waals surface area contributed by atoms with E-state index in [1.807, 2.05) is 12.1 Å². The van der Waals surface area contributed by atoms with E-state index in [2.05, 4.69) is 10.3 Å². The number of pyridine rings is 1. The first-order chi connectivity index (χ1) is 12.8. The number of amides is 1. The van der Waals surface area contributed by atoms with E-state index in [4.69, 9.17) is 11.6 Å². The molecule has 3 aromatic rings. The molecule has 3 N–H and O–H groups in total. The summed E-state index contributed by atoms with van der Waals surface area (Å²) in [6, 6.07) is 12.4. The number of halogens is 1. The molecule has 0 aliphatic heterocycles. The molecular formula is C21H19ClN2O3. The third-order valence-electron chi connectivity index (χ3n) is 4.28. The lowest BCUT2D eigenvalue weighted by molar-refractivity contribution is -0.114. The number of carbonyl (C=O) groups is 1. The molecule has 0 saturated carbocycles. The van der Waals surface area contributed by atoms with Crippen LogP contribution in [0.25, 0.3) is 17.0 Å². The standard InChI is InChI=1S/C21H19ClN2O3/c1-12-17-11-15(22)6-9-18(17)24-21(27)20(12)19(26)10-5-14-3-7-16(8-4-14)23-13(2)25/h3-11,19,26H,1-2H3,(H,23,25)(H,24,27)/b10-5+. The van der Waals surface area contributed by atoms with E-state index in [-0.39, 0.29) is 17.0 Å². The summed E-state index contributed by atoms with van der Waals surface area (Å²) in [4.78, 5) is 26.2. The van der Waals surface area contributed by atoms with E-state index in [1.54, 1.807) is 49.4 Å². The number of rotatable bonds is 4. The zero-order valence-corrected chi connectivity index (χ0v) is 15.7. The third kappa shape index (κ3) is 4.27. The van der Waals surface area contributed by atoms with Crippen molar-refractivity contribution in [1.82, 2.24) is 4.98 Å². The van der Waals surface area contributed by atoms with Crippen LogP contribution in [0.5, 0.6) is 0 Å². The molecule has 0 aliphatic rings. The first-order valence-electron chi connectivity index (χ1n) is 8.41. The zero-order valence-electron chi connectivity index (χ0n) is 14.9. The predicted molar refractivity (Wildman–Crippen MR) is 109 cm³/mol. The molecule has 0 aliphatic carbocycles. The summed E-state index contributed by atoms with van der Waals surface area (Å²) in [5, 5.41) is 14.6. The van der Waals surface area contributed by atoms with Crippen molar-refractivity contribution in [2.75, 3.05) is 5.32 Å². The minimum Gasteiger partial charge on any atom is -0.384 e. The van der Waals surface area contributed by atoms with Crippen molar-refractivity contribution in [1.29, 1.82) is 0 Å². The van der Waals surface area contributed by atoms with Gasteiger partial charge >= 0.3 is 0 Å². The van der Waals surface area contributed by atoms with Gasteiger partial charge in [-0.3, -0.25) is 9.59 Å². The van der Waals surface area contributed by atoms with Gasteiger partial charge in [0.05, 0.1) is 5.56 Å². The zero-order chi connectivity index (χ0) is 19.6. The van der Waals surface area contributed by atoms with Crippen LogP contribution < -0.4 is 10.9 Å². The van der Waals surface area contributed by atoms with Crippen LogP contribution in [-0.2, 0) is 4.79 Å². The molecule has 1 unspecified atom stereocenters. The number of aromatic amines is 1. The second-order valence-corrected chi connectivity index (χ2v) is 6.73. The minimum atomic E-state index is -1.06. The predicted octanol–water partition coefficient (Wildman–Crippen LogP) is 4.20. The van der Waals surface area contributed by atoms with Gasteiger partial charge in [0.1, 0.15) is 6.10 Å². The molecule has 27 heavy (non-hydrogen) atoms. The SMILES string of the molecule is CC(=O)Nc1ccc(/C=C/C(O)c2c(C)c3cc(Cl)ccc3[nH]c2=O)cc1. The van der Waals surface area contributed by atoms with Crippen LogP contribution in [-0.4, -0.2) is 16.0 Å². The van der Waals surface area contributed by atoms with Crippen LogP contribution in [0.1, 0.15) is 29.7 Å². The van der Waals surface area contributed by atoms with Crippen molar-refractivity contribution in [2.45, 2.75) is 20.0 Å². The van der Waals surface area contributed by atoms with Crippen molar-refractivity contribution in [2.24, 2.45) is 0 Å². The summed E-state index contributed by atoms with van der Waals surface area (Å²) in [6.45, 7) is 3.24. The Bertz CT molecular complexity index is 1090. The fourth-order valence-electron chi connectivity index (χ4n) is 2.98. The van der Waals surface area contributed by atoms with E-state index >= 15 is 0 Å². The fourth-order valence-corrected chi connectivity index (χ4v) is 3.15. The Labute approximate surface area is 161 Å². The molecule has 0 fully saturated rings. The molecule has 6 heteroatoms. The Kier molecular flexibility index (Phi) is 5.44.